The fourth-order valence-electron chi connectivity index (χ4n) is 4.74. The van der Waals surface area contributed by atoms with E-state index < -0.39 is 23.4 Å². The molecule has 166 valence electrons. The molecule has 1 atom stereocenters. The molecule has 2 aromatic carbocycles. The smallest absolute Gasteiger partial charge is 0.260 e. The summed E-state index contributed by atoms with van der Waals surface area (Å²) in [6.07, 6.45) is 3.53. The first kappa shape index (κ1) is 21.1. The van der Waals surface area contributed by atoms with Crippen molar-refractivity contribution in [1.29, 1.82) is 0 Å². The fourth-order valence-corrected chi connectivity index (χ4v) is 5.10. The van der Waals surface area contributed by atoms with Crippen molar-refractivity contribution >= 4 is 44.7 Å². The maximum Gasteiger partial charge on any atom is 0.260 e. The molecule has 3 aliphatic heterocycles. The number of imide groups is 1. The monoisotopic (exact) mass is 502 g/mol. The predicted octanol–water partition coefficient (Wildman–Crippen LogP) is 3.73. The highest BCUT2D eigenvalue weighted by Gasteiger charge is 2.33. The molecule has 0 aliphatic carbocycles. The van der Waals surface area contributed by atoms with Gasteiger partial charge in [0, 0.05) is 53.2 Å². The summed E-state index contributed by atoms with van der Waals surface area (Å²) in [6, 6.07) is 7.76. The Morgan fingerprint density at radius 1 is 1.03 bits per heavy atom. The zero-order chi connectivity index (χ0) is 22.4. The summed E-state index contributed by atoms with van der Waals surface area (Å²) >= 11 is 3.34. The number of hydrogen-bond acceptors (Lipinski definition) is 5. The standard InChI is InChI=1S/C23H21BrF2N4O2/c24-13-3-4-16-17(8-13)18(23(32)28-22(16)31)11-27-14-9-19(25)21(20(26)10-14)30-7-6-29-5-1-2-15(29)12-30/h3-4,8-11,15,27H,1-2,5-7,12H2,(H,28,31,32)/b18-11-/t15-/m0/s1. The van der Waals surface area contributed by atoms with Crippen LogP contribution in [0.1, 0.15) is 28.8 Å². The Labute approximate surface area is 192 Å². The van der Waals surface area contributed by atoms with Crippen molar-refractivity contribution in [2.75, 3.05) is 36.4 Å². The van der Waals surface area contributed by atoms with Crippen molar-refractivity contribution in [2.24, 2.45) is 0 Å². The third kappa shape index (κ3) is 3.80. The van der Waals surface area contributed by atoms with E-state index in [0.717, 1.165) is 25.9 Å². The van der Waals surface area contributed by atoms with Crippen molar-refractivity contribution in [3.63, 3.8) is 0 Å². The van der Waals surface area contributed by atoms with Crippen LogP contribution in [-0.2, 0) is 4.79 Å². The lowest BCUT2D eigenvalue weighted by molar-refractivity contribution is -0.114. The number of piperazine rings is 1. The van der Waals surface area contributed by atoms with Crippen LogP contribution in [-0.4, -0.2) is 48.9 Å². The van der Waals surface area contributed by atoms with Gasteiger partial charge in [0.05, 0.1) is 5.57 Å². The molecule has 0 bridgehead atoms. The second-order valence-electron chi connectivity index (χ2n) is 8.24. The van der Waals surface area contributed by atoms with Gasteiger partial charge >= 0.3 is 0 Å². The summed E-state index contributed by atoms with van der Waals surface area (Å²) in [5.74, 6) is -2.37. The average Bonchev–Trinajstić information content (AvgIpc) is 3.21. The molecule has 2 N–H and O–H groups in total. The lowest BCUT2D eigenvalue weighted by Gasteiger charge is -2.39. The summed E-state index contributed by atoms with van der Waals surface area (Å²) in [4.78, 5) is 28.6. The molecule has 0 saturated carbocycles. The van der Waals surface area contributed by atoms with Gasteiger partial charge in [0.25, 0.3) is 11.8 Å². The molecule has 0 aromatic heterocycles. The molecule has 5 rings (SSSR count). The minimum atomic E-state index is -0.649. The Morgan fingerprint density at radius 2 is 1.81 bits per heavy atom. The first-order valence-corrected chi connectivity index (χ1v) is 11.3. The molecular formula is C23H21BrF2N4O2. The maximum atomic E-state index is 14.9. The zero-order valence-electron chi connectivity index (χ0n) is 17.1. The molecule has 2 amide bonds. The fraction of sp³-hybridized carbons (Fsp3) is 0.304. The van der Waals surface area contributed by atoms with E-state index in [-0.39, 0.29) is 16.9 Å². The van der Waals surface area contributed by atoms with Gasteiger partial charge in [-0.15, -0.1) is 0 Å². The van der Waals surface area contributed by atoms with Gasteiger partial charge in [-0.1, -0.05) is 15.9 Å². The quantitative estimate of drug-likeness (QED) is 0.494. The Kier molecular flexibility index (Phi) is 5.46. The second kappa shape index (κ2) is 8.29. The highest BCUT2D eigenvalue weighted by Crippen LogP contribution is 2.32. The Balaban J connectivity index is 1.40. The van der Waals surface area contributed by atoms with E-state index in [9.17, 15) is 18.4 Å². The molecule has 32 heavy (non-hydrogen) atoms. The zero-order valence-corrected chi connectivity index (χ0v) is 18.7. The van der Waals surface area contributed by atoms with Crippen LogP contribution in [0.2, 0.25) is 0 Å². The number of halogens is 3. The minimum Gasteiger partial charge on any atom is -0.364 e. The molecule has 3 aliphatic rings. The van der Waals surface area contributed by atoms with Gasteiger partial charge in [-0.3, -0.25) is 19.8 Å². The Morgan fingerprint density at radius 3 is 2.59 bits per heavy atom. The van der Waals surface area contributed by atoms with Crippen molar-refractivity contribution in [3.8, 4) is 0 Å². The van der Waals surface area contributed by atoms with Crippen LogP contribution in [0.3, 0.4) is 0 Å². The largest absolute Gasteiger partial charge is 0.364 e. The van der Waals surface area contributed by atoms with Crippen LogP contribution in [0.15, 0.2) is 41.0 Å². The Hall–Kier alpha value is -2.78. The van der Waals surface area contributed by atoms with Gasteiger partial charge in [-0.25, -0.2) is 8.78 Å². The van der Waals surface area contributed by atoms with Crippen LogP contribution in [0, 0.1) is 11.6 Å². The molecule has 0 radical (unpaired) electrons. The topological polar surface area (TPSA) is 64.7 Å². The second-order valence-corrected chi connectivity index (χ2v) is 9.16. The van der Waals surface area contributed by atoms with Gasteiger partial charge < -0.3 is 10.2 Å². The van der Waals surface area contributed by atoms with Gasteiger partial charge in [0.2, 0.25) is 0 Å². The van der Waals surface area contributed by atoms with Crippen molar-refractivity contribution in [1.82, 2.24) is 10.2 Å². The highest BCUT2D eigenvalue weighted by molar-refractivity contribution is 9.10. The normalized spacial score (nSPS) is 22.0. The third-order valence-electron chi connectivity index (χ3n) is 6.29. The van der Waals surface area contributed by atoms with E-state index >= 15 is 0 Å². The van der Waals surface area contributed by atoms with Crippen LogP contribution >= 0.6 is 15.9 Å². The number of rotatable bonds is 3. The van der Waals surface area contributed by atoms with Gasteiger partial charge in [0.1, 0.15) is 5.69 Å². The summed E-state index contributed by atoms with van der Waals surface area (Å²) in [5, 5.41) is 5.09. The van der Waals surface area contributed by atoms with Crippen LogP contribution in [0.5, 0.6) is 0 Å². The molecule has 6 nitrogen and oxygen atoms in total. The molecule has 2 saturated heterocycles. The van der Waals surface area contributed by atoms with E-state index in [1.807, 2.05) is 0 Å². The number of carbonyl (C=O) groups is 2. The third-order valence-corrected chi connectivity index (χ3v) is 6.78. The first-order valence-electron chi connectivity index (χ1n) is 10.5. The van der Waals surface area contributed by atoms with Crippen LogP contribution in [0.25, 0.3) is 5.57 Å². The van der Waals surface area contributed by atoms with Crippen molar-refractivity contribution in [2.45, 2.75) is 18.9 Å². The summed E-state index contributed by atoms with van der Waals surface area (Å²) in [7, 11) is 0. The van der Waals surface area contributed by atoms with Crippen LogP contribution in [0.4, 0.5) is 20.2 Å². The van der Waals surface area contributed by atoms with Crippen LogP contribution < -0.4 is 15.5 Å². The summed E-state index contributed by atoms with van der Waals surface area (Å²) < 4.78 is 30.6. The predicted molar refractivity (Wildman–Crippen MR) is 121 cm³/mol. The van der Waals surface area contributed by atoms with Gasteiger partial charge in [-0.2, -0.15) is 0 Å². The molecule has 2 aromatic rings. The molecular weight excluding hydrogens is 482 g/mol. The SMILES string of the molecule is O=C1NC(=O)c2ccc(Br)cc2/C1=C/Nc1cc(F)c(N2CCN3CCC[C@H]3C2)c(F)c1. The average molecular weight is 503 g/mol. The summed E-state index contributed by atoms with van der Waals surface area (Å²) in [6.45, 7) is 3.06. The Bertz CT molecular complexity index is 1130. The van der Waals surface area contributed by atoms with E-state index in [1.54, 1.807) is 23.1 Å². The van der Waals surface area contributed by atoms with E-state index in [2.05, 4.69) is 31.5 Å². The lowest BCUT2D eigenvalue weighted by Crippen LogP contribution is -2.50. The molecule has 9 heteroatoms. The number of carbonyl (C=O) groups excluding carboxylic acids is 2. The molecule has 0 spiro atoms. The number of nitrogens with one attached hydrogen (secondary N) is 2. The maximum absolute atomic E-state index is 14.9. The van der Waals surface area contributed by atoms with E-state index in [0.29, 0.717) is 34.7 Å². The van der Waals surface area contributed by atoms with Gasteiger partial charge in [-0.05, 0) is 49.7 Å². The number of anilines is 2. The highest BCUT2D eigenvalue weighted by atomic mass is 79.9. The lowest BCUT2D eigenvalue weighted by atomic mass is 9.95. The summed E-state index contributed by atoms with van der Waals surface area (Å²) in [5.41, 5.74) is 1.15. The number of benzene rings is 2. The molecule has 2 fully saturated rings. The molecule has 3 heterocycles. The minimum absolute atomic E-state index is 0.00923. The van der Waals surface area contributed by atoms with E-state index in [1.165, 1.54) is 18.3 Å². The van der Waals surface area contributed by atoms with E-state index in [4.69, 9.17) is 0 Å². The van der Waals surface area contributed by atoms with Crippen molar-refractivity contribution < 1.29 is 18.4 Å². The molecule has 0 unspecified atom stereocenters. The first-order chi connectivity index (χ1) is 15.4. The number of hydrogen-bond donors (Lipinski definition) is 2. The number of nitrogens with zero attached hydrogens (tertiary/aromatic N) is 2. The van der Waals surface area contributed by atoms with Gasteiger partial charge in [0.15, 0.2) is 11.6 Å². The van der Waals surface area contributed by atoms with Crippen molar-refractivity contribution in [3.05, 3.63) is 63.8 Å². The number of fused-ring (bicyclic) bond motifs is 2. The number of amides is 2.